The molecule has 1 aromatic heterocycles. The van der Waals surface area contributed by atoms with Crippen LogP contribution < -0.4 is 10.6 Å². The molecule has 2 atom stereocenters. The molecule has 9 aromatic carbocycles. The fourth-order valence-corrected chi connectivity index (χ4v) is 8.40. The van der Waals surface area contributed by atoms with E-state index in [1.54, 1.807) is 0 Å². The van der Waals surface area contributed by atoms with Crippen molar-refractivity contribution in [2.45, 2.75) is 12.3 Å². The van der Waals surface area contributed by atoms with Crippen molar-refractivity contribution >= 4 is 60.1 Å². The summed E-state index contributed by atoms with van der Waals surface area (Å²) in [7, 11) is 0. The molecule has 2 unspecified atom stereocenters. The van der Waals surface area contributed by atoms with E-state index in [2.05, 4.69) is 199 Å². The maximum absolute atomic E-state index is 6.59. The summed E-state index contributed by atoms with van der Waals surface area (Å²) in [5.74, 6) is 0.863. The zero-order valence-corrected chi connectivity index (χ0v) is 29.9. The smallest absolute Gasteiger partial charge is 0.136 e. The molecule has 0 saturated heterocycles. The molecule has 2 N–H and O–H groups in total. The van der Waals surface area contributed by atoms with Gasteiger partial charge in [0.15, 0.2) is 0 Å². The fraction of sp³-hybridized carbons (Fsp3) is 0.0392. The second kappa shape index (κ2) is 12.8. The monoisotopic (exact) mass is 705 g/mol. The Kier molecular flexibility index (Phi) is 7.35. The van der Waals surface area contributed by atoms with Gasteiger partial charge in [0.05, 0.1) is 0 Å². The molecule has 0 saturated carbocycles. The second-order valence-corrected chi connectivity index (χ2v) is 14.4. The van der Waals surface area contributed by atoms with Crippen LogP contribution in [0.5, 0.6) is 0 Å². The fourth-order valence-electron chi connectivity index (χ4n) is 8.40. The number of aliphatic imine (C=N–C) groups is 1. The molecule has 0 radical (unpaired) electrons. The minimum absolute atomic E-state index is 0.130. The van der Waals surface area contributed by atoms with Crippen molar-refractivity contribution in [3.8, 4) is 22.3 Å². The lowest BCUT2D eigenvalue weighted by molar-refractivity contribution is 0.409. The largest absolute Gasteiger partial charge is 0.456 e. The van der Waals surface area contributed by atoms with Crippen LogP contribution in [0.3, 0.4) is 0 Å². The Bertz CT molecular complexity index is 3120. The van der Waals surface area contributed by atoms with E-state index in [0.29, 0.717) is 0 Å². The predicted octanol–water partition coefficient (Wildman–Crippen LogP) is 12.7. The molecule has 260 valence electrons. The first-order chi connectivity index (χ1) is 27.2. The van der Waals surface area contributed by atoms with E-state index in [4.69, 9.17) is 9.41 Å². The lowest BCUT2D eigenvalue weighted by atomic mass is 9.91. The lowest BCUT2D eigenvalue weighted by Gasteiger charge is -2.32. The Labute approximate surface area is 318 Å². The molecule has 1 aliphatic heterocycles. The number of amidine groups is 1. The minimum Gasteiger partial charge on any atom is -0.456 e. The Hall–Kier alpha value is -7.01. The molecular weight excluding hydrogens is 671 g/mol. The number of nitrogens with zero attached hydrogens (tertiary/aromatic N) is 1. The number of hydrogen-bond donors (Lipinski definition) is 2. The maximum atomic E-state index is 6.59. The quantitative estimate of drug-likeness (QED) is 0.187. The van der Waals surface area contributed by atoms with Crippen molar-refractivity contribution in [3.63, 3.8) is 0 Å². The van der Waals surface area contributed by atoms with Crippen molar-refractivity contribution < 1.29 is 4.42 Å². The normalized spacial score (nSPS) is 15.8. The van der Waals surface area contributed by atoms with Gasteiger partial charge in [-0.25, -0.2) is 4.99 Å². The molecule has 0 aliphatic carbocycles. The van der Waals surface area contributed by atoms with E-state index in [1.165, 1.54) is 27.1 Å². The van der Waals surface area contributed by atoms with E-state index in [-0.39, 0.29) is 12.3 Å². The van der Waals surface area contributed by atoms with Crippen LogP contribution in [0.4, 0.5) is 0 Å². The van der Waals surface area contributed by atoms with E-state index < -0.39 is 0 Å². The van der Waals surface area contributed by atoms with E-state index in [9.17, 15) is 0 Å². The van der Waals surface area contributed by atoms with Gasteiger partial charge in [-0.1, -0.05) is 158 Å². The number of benzene rings is 9. The standard InChI is InChI=1S/C51H35N3O/c1-2-13-34(14-3-1)49-52-50(39-24-22-33-12-5-7-16-36(33)30-39)54-51(53-49)44-28-27-42(40-17-8-9-18-41(40)44)43-19-10-20-46-48(43)45-26-25-38(31-47(45)55-46)37-23-21-32-11-4-6-15-35(32)29-37/h1-31,49-50,52H,(H,53,54). The second-order valence-electron chi connectivity index (χ2n) is 14.4. The molecule has 0 fully saturated rings. The molecule has 11 rings (SSSR count). The van der Waals surface area contributed by atoms with Crippen LogP contribution in [0.1, 0.15) is 29.0 Å². The summed E-state index contributed by atoms with van der Waals surface area (Å²) in [6.07, 6.45) is -0.371. The van der Waals surface area contributed by atoms with Crippen LogP contribution >= 0.6 is 0 Å². The summed E-state index contributed by atoms with van der Waals surface area (Å²) >= 11 is 0. The summed E-state index contributed by atoms with van der Waals surface area (Å²) < 4.78 is 6.59. The maximum Gasteiger partial charge on any atom is 0.136 e. The van der Waals surface area contributed by atoms with Crippen LogP contribution in [0, 0.1) is 0 Å². The van der Waals surface area contributed by atoms with E-state index >= 15 is 0 Å². The molecule has 0 amide bonds. The molecule has 1 aliphatic rings. The first kappa shape index (κ1) is 31.5. The summed E-state index contributed by atoms with van der Waals surface area (Å²) in [4.78, 5) is 5.37. The van der Waals surface area contributed by atoms with Crippen molar-refractivity contribution in [1.82, 2.24) is 10.6 Å². The minimum atomic E-state index is -0.241. The third-order valence-corrected chi connectivity index (χ3v) is 11.1. The summed E-state index contributed by atoms with van der Waals surface area (Å²) in [5, 5.41) is 17.0. The highest BCUT2D eigenvalue weighted by atomic mass is 16.3. The van der Waals surface area contributed by atoms with Crippen LogP contribution in [-0.2, 0) is 0 Å². The highest BCUT2D eigenvalue weighted by Gasteiger charge is 2.27. The molecule has 4 nitrogen and oxygen atoms in total. The molecule has 55 heavy (non-hydrogen) atoms. The third-order valence-electron chi connectivity index (χ3n) is 11.1. The summed E-state index contributed by atoms with van der Waals surface area (Å²) in [6.45, 7) is 0. The van der Waals surface area contributed by atoms with Gasteiger partial charge >= 0.3 is 0 Å². The first-order valence-corrected chi connectivity index (χ1v) is 18.8. The number of furan rings is 1. The lowest BCUT2D eigenvalue weighted by Crippen LogP contribution is -2.45. The van der Waals surface area contributed by atoms with Crippen LogP contribution in [0.25, 0.3) is 76.5 Å². The van der Waals surface area contributed by atoms with Gasteiger partial charge in [-0.2, -0.15) is 0 Å². The molecule has 0 spiro atoms. The highest BCUT2D eigenvalue weighted by molar-refractivity contribution is 6.18. The van der Waals surface area contributed by atoms with Crippen molar-refractivity contribution in [1.29, 1.82) is 0 Å². The van der Waals surface area contributed by atoms with Gasteiger partial charge in [0.2, 0.25) is 0 Å². The van der Waals surface area contributed by atoms with Crippen LogP contribution in [0.2, 0.25) is 0 Å². The molecule has 10 aromatic rings. The van der Waals surface area contributed by atoms with Gasteiger partial charge in [0.25, 0.3) is 0 Å². The van der Waals surface area contributed by atoms with Gasteiger partial charge < -0.3 is 9.73 Å². The van der Waals surface area contributed by atoms with Gasteiger partial charge in [-0.15, -0.1) is 0 Å². The summed E-state index contributed by atoms with van der Waals surface area (Å²) in [5.41, 5.74) is 9.73. The average molecular weight is 706 g/mol. The molecule has 0 bridgehead atoms. The zero-order chi connectivity index (χ0) is 36.3. The average Bonchev–Trinajstić information content (AvgIpc) is 3.64. The Morgan fingerprint density at radius 1 is 0.418 bits per heavy atom. The third kappa shape index (κ3) is 5.46. The molecule has 2 heterocycles. The van der Waals surface area contributed by atoms with Gasteiger partial charge in [0.1, 0.15) is 29.3 Å². The van der Waals surface area contributed by atoms with Crippen LogP contribution in [0.15, 0.2) is 197 Å². The molecular formula is C51H35N3O. The van der Waals surface area contributed by atoms with Crippen LogP contribution in [-0.4, -0.2) is 5.84 Å². The van der Waals surface area contributed by atoms with E-state index in [1.807, 2.05) is 0 Å². The Morgan fingerprint density at radius 2 is 1.07 bits per heavy atom. The number of fused-ring (bicyclic) bond motifs is 6. The van der Waals surface area contributed by atoms with Crippen molar-refractivity contribution in [2.75, 3.05) is 0 Å². The Balaban J connectivity index is 1.03. The Morgan fingerprint density at radius 3 is 1.89 bits per heavy atom. The zero-order valence-electron chi connectivity index (χ0n) is 29.9. The number of rotatable bonds is 5. The number of nitrogens with one attached hydrogen (secondary N) is 2. The van der Waals surface area contributed by atoms with Gasteiger partial charge in [-0.3, -0.25) is 5.32 Å². The first-order valence-electron chi connectivity index (χ1n) is 18.8. The van der Waals surface area contributed by atoms with Gasteiger partial charge in [0, 0.05) is 16.3 Å². The predicted molar refractivity (Wildman–Crippen MR) is 228 cm³/mol. The SMILES string of the molecule is c1ccc(C2NC(c3ccc(-c4cccc5oc6cc(-c7ccc8ccccc8c7)ccc6c45)c4ccccc34)=NC(c3ccc4ccccc4c3)N2)cc1. The number of hydrogen-bond acceptors (Lipinski definition) is 4. The molecule has 4 heteroatoms. The van der Waals surface area contributed by atoms with E-state index in [0.717, 1.165) is 71.9 Å². The highest BCUT2D eigenvalue weighted by Crippen LogP contribution is 2.41. The topological polar surface area (TPSA) is 49.6 Å². The van der Waals surface area contributed by atoms with Crippen molar-refractivity contribution in [3.05, 3.63) is 205 Å². The summed E-state index contributed by atoms with van der Waals surface area (Å²) in [6, 6.07) is 67.0. The van der Waals surface area contributed by atoms with Gasteiger partial charge in [-0.05, 0) is 96.0 Å². The van der Waals surface area contributed by atoms with Crippen molar-refractivity contribution in [2.24, 2.45) is 4.99 Å².